The second-order valence-corrected chi connectivity index (χ2v) is 3.70. The first-order valence-electron chi connectivity index (χ1n) is 5.17. The monoisotopic (exact) mass is 224 g/mol. The van der Waals surface area contributed by atoms with Crippen LogP contribution in [0.5, 0.6) is 0 Å². The third kappa shape index (κ3) is 1.34. The van der Waals surface area contributed by atoms with Crippen molar-refractivity contribution in [2.75, 3.05) is 4.90 Å². The van der Waals surface area contributed by atoms with Crippen LogP contribution in [-0.2, 0) is 0 Å². The maximum absolute atomic E-state index is 12.1. The summed E-state index contributed by atoms with van der Waals surface area (Å²) in [4.78, 5) is 29.2. The van der Waals surface area contributed by atoms with Crippen molar-refractivity contribution in [2.24, 2.45) is 0 Å². The molecule has 2 heterocycles. The minimum absolute atomic E-state index is 0.281. The van der Waals surface area contributed by atoms with Gasteiger partial charge in [0.05, 0.1) is 16.8 Å². The lowest BCUT2D eigenvalue weighted by Crippen LogP contribution is -2.29. The fourth-order valence-corrected chi connectivity index (χ4v) is 1.92. The third-order valence-corrected chi connectivity index (χ3v) is 2.71. The molecule has 0 radical (unpaired) electrons. The molecule has 3 rings (SSSR count). The zero-order valence-electron chi connectivity index (χ0n) is 8.83. The molecular weight excluding hydrogens is 216 g/mol. The molecule has 0 spiro atoms. The van der Waals surface area contributed by atoms with Crippen molar-refractivity contribution in [3.05, 3.63) is 59.9 Å². The van der Waals surface area contributed by atoms with Gasteiger partial charge in [-0.25, -0.2) is 4.90 Å². The van der Waals surface area contributed by atoms with Gasteiger partial charge in [0.25, 0.3) is 11.8 Å². The Labute approximate surface area is 97.5 Å². The Hall–Kier alpha value is -2.49. The predicted molar refractivity (Wildman–Crippen MR) is 61.8 cm³/mol. The average Bonchev–Trinajstić information content (AvgIpc) is 2.64. The van der Waals surface area contributed by atoms with Gasteiger partial charge in [-0.3, -0.25) is 14.6 Å². The lowest BCUT2D eigenvalue weighted by molar-refractivity contribution is 0.0926. The van der Waals surface area contributed by atoms with Crippen LogP contribution in [-0.4, -0.2) is 16.8 Å². The molecule has 0 atom stereocenters. The van der Waals surface area contributed by atoms with Crippen molar-refractivity contribution >= 4 is 17.5 Å². The number of amides is 2. The zero-order valence-corrected chi connectivity index (χ0v) is 8.83. The molecule has 17 heavy (non-hydrogen) atoms. The number of hydrogen-bond acceptors (Lipinski definition) is 3. The number of benzene rings is 1. The molecule has 2 aromatic rings. The summed E-state index contributed by atoms with van der Waals surface area (Å²) in [5.41, 5.74) is 1.45. The van der Waals surface area contributed by atoms with Gasteiger partial charge in [-0.05, 0) is 24.3 Å². The van der Waals surface area contributed by atoms with E-state index < -0.39 is 0 Å². The normalized spacial score (nSPS) is 14.0. The van der Waals surface area contributed by atoms with Crippen molar-refractivity contribution in [2.45, 2.75) is 0 Å². The topological polar surface area (TPSA) is 50.3 Å². The van der Waals surface area contributed by atoms with Crippen LogP contribution in [0.25, 0.3) is 0 Å². The van der Waals surface area contributed by atoms with Crippen molar-refractivity contribution in [3.63, 3.8) is 0 Å². The molecule has 1 aromatic heterocycles. The predicted octanol–water partition coefficient (Wildman–Crippen LogP) is 1.88. The Morgan fingerprint density at radius 1 is 0.824 bits per heavy atom. The van der Waals surface area contributed by atoms with E-state index in [1.54, 1.807) is 48.8 Å². The van der Waals surface area contributed by atoms with Crippen molar-refractivity contribution in [1.29, 1.82) is 0 Å². The van der Waals surface area contributed by atoms with Crippen LogP contribution in [0.1, 0.15) is 20.7 Å². The second kappa shape index (κ2) is 3.52. The Morgan fingerprint density at radius 2 is 1.35 bits per heavy atom. The van der Waals surface area contributed by atoms with Crippen LogP contribution >= 0.6 is 0 Å². The minimum Gasteiger partial charge on any atom is -0.268 e. The highest BCUT2D eigenvalue weighted by Gasteiger charge is 2.35. The lowest BCUT2D eigenvalue weighted by Gasteiger charge is -2.12. The van der Waals surface area contributed by atoms with Crippen LogP contribution in [0.4, 0.5) is 5.69 Å². The van der Waals surface area contributed by atoms with E-state index in [4.69, 9.17) is 0 Å². The Morgan fingerprint density at radius 3 is 1.88 bits per heavy atom. The van der Waals surface area contributed by atoms with Gasteiger partial charge in [-0.15, -0.1) is 0 Å². The zero-order chi connectivity index (χ0) is 11.8. The second-order valence-electron chi connectivity index (χ2n) is 3.70. The van der Waals surface area contributed by atoms with Crippen molar-refractivity contribution < 1.29 is 9.59 Å². The van der Waals surface area contributed by atoms with Gasteiger partial charge >= 0.3 is 0 Å². The van der Waals surface area contributed by atoms with E-state index in [0.717, 1.165) is 0 Å². The number of hydrogen-bond donors (Lipinski definition) is 0. The molecule has 0 N–H and O–H groups in total. The van der Waals surface area contributed by atoms with Crippen LogP contribution in [0.3, 0.4) is 0 Å². The molecule has 0 saturated heterocycles. The van der Waals surface area contributed by atoms with Gasteiger partial charge in [-0.1, -0.05) is 12.1 Å². The smallest absolute Gasteiger partial charge is 0.266 e. The Bertz CT molecular complexity index is 573. The van der Waals surface area contributed by atoms with E-state index in [1.807, 2.05) is 0 Å². The van der Waals surface area contributed by atoms with Crippen LogP contribution in [0.2, 0.25) is 0 Å². The molecular formula is C13H8N2O2. The molecule has 0 aliphatic carbocycles. The van der Waals surface area contributed by atoms with Gasteiger partial charge in [0.2, 0.25) is 0 Å². The Balaban J connectivity index is 2.13. The molecule has 1 aromatic carbocycles. The molecule has 0 unspecified atom stereocenters. The molecule has 1 aliphatic heterocycles. The van der Waals surface area contributed by atoms with E-state index in [-0.39, 0.29) is 11.8 Å². The van der Waals surface area contributed by atoms with Gasteiger partial charge in [0.15, 0.2) is 0 Å². The molecule has 0 bridgehead atoms. The number of anilines is 1. The fraction of sp³-hybridized carbons (Fsp3) is 0. The number of carbonyl (C=O) groups excluding carboxylic acids is 2. The summed E-state index contributed by atoms with van der Waals surface area (Å²) in [5.74, 6) is -0.561. The number of carbonyl (C=O) groups is 2. The largest absolute Gasteiger partial charge is 0.268 e. The van der Waals surface area contributed by atoms with Crippen LogP contribution in [0.15, 0.2) is 48.8 Å². The van der Waals surface area contributed by atoms with Crippen molar-refractivity contribution in [3.8, 4) is 0 Å². The summed E-state index contributed by atoms with van der Waals surface area (Å²) < 4.78 is 0. The first kappa shape index (κ1) is 9.72. The first-order valence-corrected chi connectivity index (χ1v) is 5.17. The number of aromatic nitrogens is 1. The summed E-state index contributed by atoms with van der Waals surface area (Å²) in [6.07, 6.45) is 3.11. The number of fused-ring (bicyclic) bond motifs is 1. The number of imide groups is 1. The maximum atomic E-state index is 12.1. The summed E-state index contributed by atoms with van der Waals surface area (Å²) in [6.45, 7) is 0. The fourth-order valence-electron chi connectivity index (χ4n) is 1.92. The van der Waals surface area contributed by atoms with E-state index in [1.165, 1.54) is 4.90 Å². The van der Waals surface area contributed by atoms with E-state index in [9.17, 15) is 9.59 Å². The van der Waals surface area contributed by atoms with E-state index >= 15 is 0 Å². The summed E-state index contributed by atoms with van der Waals surface area (Å²) in [6, 6.07) is 10.1. The standard InChI is InChI=1S/C13H8N2O2/c16-12-10-3-1-2-4-11(10)13(17)15(12)9-5-7-14-8-6-9/h1-8H. The number of nitrogens with zero attached hydrogens (tertiary/aromatic N) is 2. The van der Waals surface area contributed by atoms with Crippen LogP contribution in [0, 0.1) is 0 Å². The number of pyridine rings is 1. The molecule has 4 nitrogen and oxygen atoms in total. The van der Waals surface area contributed by atoms with Gasteiger partial charge in [0, 0.05) is 12.4 Å². The van der Waals surface area contributed by atoms with Gasteiger partial charge in [-0.2, -0.15) is 0 Å². The highest BCUT2D eigenvalue weighted by Crippen LogP contribution is 2.27. The van der Waals surface area contributed by atoms with Gasteiger partial charge < -0.3 is 0 Å². The quantitative estimate of drug-likeness (QED) is 0.695. The SMILES string of the molecule is O=C1c2ccccc2C(=O)N1c1ccncc1. The molecule has 0 fully saturated rings. The number of rotatable bonds is 1. The molecule has 1 aliphatic rings. The third-order valence-electron chi connectivity index (χ3n) is 2.71. The summed E-state index contributed by atoms with van der Waals surface area (Å²) in [7, 11) is 0. The average molecular weight is 224 g/mol. The first-order chi connectivity index (χ1) is 8.29. The summed E-state index contributed by atoms with van der Waals surface area (Å²) >= 11 is 0. The van der Waals surface area contributed by atoms with Crippen LogP contribution < -0.4 is 4.90 Å². The highest BCUT2D eigenvalue weighted by atomic mass is 16.2. The van der Waals surface area contributed by atoms with E-state index in [2.05, 4.69) is 4.98 Å². The molecule has 82 valence electrons. The van der Waals surface area contributed by atoms with Gasteiger partial charge in [0.1, 0.15) is 0 Å². The molecule has 2 amide bonds. The maximum Gasteiger partial charge on any atom is 0.266 e. The molecule has 0 saturated carbocycles. The highest BCUT2D eigenvalue weighted by molar-refractivity contribution is 6.34. The molecule has 4 heteroatoms. The van der Waals surface area contributed by atoms with E-state index in [0.29, 0.717) is 16.8 Å². The van der Waals surface area contributed by atoms with Crippen molar-refractivity contribution in [1.82, 2.24) is 4.98 Å². The minimum atomic E-state index is -0.281. The lowest BCUT2D eigenvalue weighted by atomic mass is 10.1. The Kier molecular flexibility index (Phi) is 2.01. The summed E-state index contributed by atoms with van der Waals surface area (Å²) in [5, 5.41) is 0.